The first-order valence-electron chi connectivity index (χ1n) is 13.2. The van der Waals surface area contributed by atoms with Crippen LogP contribution in [0.1, 0.15) is 27.2 Å². The van der Waals surface area contributed by atoms with Crippen molar-refractivity contribution in [1.82, 2.24) is 24.3 Å². The highest BCUT2D eigenvalue weighted by Gasteiger charge is 2.37. The van der Waals surface area contributed by atoms with Crippen LogP contribution in [0.5, 0.6) is 0 Å². The monoisotopic (exact) mass is 569 g/mol. The molecule has 5 aromatic rings. The minimum atomic E-state index is -1.61. The molecular formula is C32H32ClN5O3. The van der Waals surface area contributed by atoms with Gasteiger partial charge in [-0.15, -0.1) is 0 Å². The topological polar surface area (TPSA) is 92.4 Å². The number of aryl methyl sites for hydroxylation is 2. The predicted molar refractivity (Wildman–Crippen MR) is 162 cm³/mol. The number of aromatic nitrogens is 3. The number of carbonyl (C=O) groups excluding carboxylic acids is 1. The zero-order chi connectivity index (χ0) is 29.3. The molecule has 0 saturated heterocycles. The summed E-state index contributed by atoms with van der Waals surface area (Å²) in [6, 6.07) is 21.4. The molecule has 2 N–H and O–H groups in total. The number of benzene rings is 3. The number of aliphatic hydroxyl groups is 1. The van der Waals surface area contributed by atoms with Crippen molar-refractivity contribution in [3.05, 3.63) is 123 Å². The third-order valence-corrected chi connectivity index (χ3v) is 7.63. The van der Waals surface area contributed by atoms with Gasteiger partial charge in [0.05, 0.1) is 23.7 Å². The van der Waals surface area contributed by atoms with Crippen LogP contribution in [0.15, 0.2) is 90.1 Å². The fraction of sp³-hybridized carbons (Fsp3) is 0.219. The van der Waals surface area contributed by atoms with E-state index in [9.17, 15) is 14.7 Å². The molecule has 0 fully saturated rings. The number of halogens is 1. The highest BCUT2D eigenvalue weighted by molar-refractivity contribution is 6.30. The fourth-order valence-corrected chi connectivity index (χ4v) is 5.30. The minimum absolute atomic E-state index is 0.151. The molecule has 1 atom stereocenters. The van der Waals surface area contributed by atoms with Crippen molar-refractivity contribution in [2.24, 2.45) is 14.1 Å². The number of amides is 1. The molecule has 2 heterocycles. The summed E-state index contributed by atoms with van der Waals surface area (Å²) >= 11 is 6.30. The van der Waals surface area contributed by atoms with Crippen molar-refractivity contribution in [2.75, 3.05) is 27.2 Å². The van der Waals surface area contributed by atoms with Gasteiger partial charge in [0.1, 0.15) is 0 Å². The molecule has 0 aliphatic carbocycles. The Labute approximate surface area is 243 Å². The number of nitrogens with zero attached hydrogens (tertiary/aromatic N) is 4. The van der Waals surface area contributed by atoms with Gasteiger partial charge in [-0.25, -0.2) is 4.98 Å². The van der Waals surface area contributed by atoms with Crippen LogP contribution in [0.2, 0.25) is 5.02 Å². The molecule has 41 heavy (non-hydrogen) atoms. The normalized spacial score (nSPS) is 13.0. The van der Waals surface area contributed by atoms with Crippen LogP contribution in [0.4, 0.5) is 0 Å². The van der Waals surface area contributed by atoms with Gasteiger partial charge in [-0.2, -0.15) is 0 Å². The molecule has 1 unspecified atom stereocenters. The van der Waals surface area contributed by atoms with Crippen LogP contribution in [0, 0.1) is 0 Å². The molecule has 0 aliphatic rings. The Bertz CT molecular complexity index is 1790. The molecule has 8 nitrogen and oxygen atoms in total. The summed E-state index contributed by atoms with van der Waals surface area (Å²) in [4.78, 5) is 31.8. The van der Waals surface area contributed by atoms with Gasteiger partial charge in [-0.1, -0.05) is 41.9 Å². The van der Waals surface area contributed by atoms with E-state index < -0.39 is 5.60 Å². The van der Waals surface area contributed by atoms with Crippen LogP contribution < -0.4 is 10.9 Å². The molecule has 0 aliphatic heterocycles. The number of likely N-dealkylation sites (N-methyl/N-ethyl adjacent to an activating group) is 1. The van der Waals surface area contributed by atoms with E-state index in [0.29, 0.717) is 45.0 Å². The molecule has 5 rings (SSSR count). The molecule has 3 aromatic carbocycles. The number of nitrogens with one attached hydrogen (secondary N) is 1. The molecule has 0 radical (unpaired) electrons. The van der Waals surface area contributed by atoms with Crippen LogP contribution in [-0.2, 0) is 19.7 Å². The van der Waals surface area contributed by atoms with E-state index in [1.54, 1.807) is 65.1 Å². The quantitative estimate of drug-likeness (QED) is 0.293. The Morgan fingerprint density at radius 3 is 2.41 bits per heavy atom. The first kappa shape index (κ1) is 28.3. The van der Waals surface area contributed by atoms with Crippen molar-refractivity contribution in [3.8, 4) is 11.1 Å². The van der Waals surface area contributed by atoms with E-state index in [1.165, 1.54) is 0 Å². The summed E-state index contributed by atoms with van der Waals surface area (Å²) in [5.74, 6) is -0.180. The first-order valence-corrected chi connectivity index (χ1v) is 13.6. The summed E-state index contributed by atoms with van der Waals surface area (Å²) < 4.78 is 3.35. The number of hydrogen-bond acceptors (Lipinski definition) is 5. The standard InChI is InChI=1S/C32H32ClN5O3/c1-36(2)15-14-35-31(40)21-8-10-23(11-9-21)32(41,29-19-34-20-37(29)3)24-12-13-28-27(17-24)26(18-30(39)38(28)4)22-6-5-7-25(33)16-22/h5-13,16-20,41H,14-15H2,1-4H3,(H,35,40). The van der Waals surface area contributed by atoms with Gasteiger partial charge in [-0.05, 0) is 72.7 Å². The molecule has 9 heteroatoms. The van der Waals surface area contributed by atoms with Crippen LogP contribution >= 0.6 is 11.6 Å². The summed E-state index contributed by atoms with van der Waals surface area (Å²) in [5, 5.41) is 16.8. The number of fused-ring (bicyclic) bond motifs is 1. The third kappa shape index (κ3) is 5.41. The van der Waals surface area contributed by atoms with Crippen molar-refractivity contribution >= 4 is 28.4 Å². The molecule has 0 saturated carbocycles. The van der Waals surface area contributed by atoms with Crippen molar-refractivity contribution in [3.63, 3.8) is 0 Å². The summed E-state index contributed by atoms with van der Waals surface area (Å²) in [6.45, 7) is 1.26. The predicted octanol–water partition coefficient (Wildman–Crippen LogP) is 4.17. The lowest BCUT2D eigenvalue weighted by Crippen LogP contribution is -2.32. The summed E-state index contributed by atoms with van der Waals surface area (Å²) in [5.41, 5.74) is 2.66. The molecule has 0 bridgehead atoms. The van der Waals surface area contributed by atoms with Crippen LogP contribution in [-0.4, -0.2) is 57.2 Å². The van der Waals surface area contributed by atoms with Gasteiger partial charge in [0.2, 0.25) is 0 Å². The van der Waals surface area contributed by atoms with Gasteiger partial charge < -0.3 is 24.5 Å². The molecule has 1 amide bonds. The van der Waals surface area contributed by atoms with E-state index in [1.807, 2.05) is 62.4 Å². The van der Waals surface area contributed by atoms with Crippen molar-refractivity contribution in [1.29, 1.82) is 0 Å². The average molecular weight is 570 g/mol. The van der Waals surface area contributed by atoms with Crippen LogP contribution in [0.3, 0.4) is 0 Å². The highest BCUT2D eigenvalue weighted by atomic mass is 35.5. The zero-order valence-electron chi connectivity index (χ0n) is 23.4. The lowest BCUT2D eigenvalue weighted by atomic mass is 9.82. The first-order chi connectivity index (χ1) is 19.6. The Balaban J connectivity index is 1.66. The van der Waals surface area contributed by atoms with E-state index in [0.717, 1.165) is 17.5 Å². The number of rotatable bonds is 8. The number of carbonyl (C=O) groups is 1. The SMILES string of the molecule is CN(C)CCNC(=O)c1ccc(C(O)(c2ccc3c(c2)c(-c2cccc(Cl)c2)cc(=O)n3C)c2cncn2C)cc1. The number of hydrogen-bond donors (Lipinski definition) is 2. The maximum Gasteiger partial charge on any atom is 0.251 e. The van der Waals surface area contributed by atoms with Crippen molar-refractivity contribution in [2.45, 2.75) is 5.60 Å². The maximum absolute atomic E-state index is 12.9. The highest BCUT2D eigenvalue weighted by Crippen LogP contribution is 2.39. The lowest BCUT2D eigenvalue weighted by molar-refractivity contribution is 0.0950. The third-order valence-electron chi connectivity index (χ3n) is 7.40. The average Bonchev–Trinajstić information content (AvgIpc) is 3.40. The molecule has 0 spiro atoms. The van der Waals surface area contributed by atoms with E-state index in [4.69, 9.17) is 11.6 Å². The summed E-state index contributed by atoms with van der Waals surface area (Å²) in [7, 11) is 7.44. The Morgan fingerprint density at radius 1 is 1.02 bits per heavy atom. The number of imidazole rings is 1. The van der Waals surface area contributed by atoms with Gasteiger partial charge in [0, 0.05) is 49.2 Å². The number of pyridine rings is 1. The molecule has 210 valence electrons. The Morgan fingerprint density at radius 2 is 1.76 bits per heavy atom. The molecular weight excluding hydrogens is 538 g/mol. The second-order valence-corrected chi connectivity index (χ2v) is 10.9. The Hall–Kier alpha value is -4.24. The van der Waals surface area contributed by atoms with E-state index in [2.05, 4.69) is 10.3 Å². The minimum Gasteiger partial charge on any atom is -0.374 e. The Kier molecular flexibility index (Phi) is 7.82. The van der Waals surface area contributed by atoms with Gasteiger partial charge in [0.15, 0.2) is 5.60 Å². The lowest BCUT2D eigenvalue weighted by Gasteiger charge is -2.30. The van der Waals surface area contributed by atoms with Gasteiger partial charge in [-0.3, -0.25) is 9.59 Å². The van der Waals surface area contributed by atoms with E-state index in [-0.39, 0.29) is 11.5 Å². The van der Waals surface area contributed by atoms with Gasteiger partial charge in [0.25, 0.3) is 11.5 Å². The van der Waals surface area contributed by atoms with Crippen LogP contribution in [0.25, 0.3) is 22.0 Å². The van der Waals surface area contributed by atoms with Crippen molar-refractivity contribution < 1.29 is 9.90 Å². The zero-order valence-corrected chi connectivity index (χ0v) is 24.2. The van der Waals surface area contributed by atoms with E-state index >= 15 is 0 Å². The second-order valence-electron chi connectivity index (χ2n) is 10.4. The fourth-order valence-electron chi connectivity index (χ4n) is 5.11. The second kappa shape index (κ2) is 11.3. The van der Waals surface area contributed by atoms with Gasteiger partial charge >= 0.3 is 0 Å². The maximum atomic E-state index is 12.9. The molecule has 2 aromatic heterocycles. The summed E-state index contributed by atoms with van der Waals surface area (Å²) in [6.07, 6.45) is 3.26. The largest absolute Gasteiger partial charge is 0.374 e. The smallest absolute Gasteiger partial charge is 0.251 e.